The minimum atomic E-state index is -4.72. The summed E-state index contributed by atoms with van der Waals surface area (Å²) in [5.41, 5.74) is 5.08. The number of anilines is 1. The number of hydrogen-bond donors (Lipinski definition) is 2. The maximum absolute atomic E-state index is 13.6. The SMILES string of the molecule is Nc1cccc(-c2cc(=O)n3[nH]c(C(F)(F)F)c(-c4ccc(Cl)cc4)c3n2)c1. The maximum Gasteiger partial charge on any atom is 0.433 e. The van der Waals surface area contributed by atoms with E-state index in [0.717, 1.165) is 10.6 Å². The highest BCUT2D eigenvalue weighted by molar-refractivity contribution is 6.30. The van der Waals surface area contributed by atoms with E-state index in [1.54, 1.807) is 24.3 Å². The number of aromatic amines is 1. The molecular weight excluding hydrogens is 393 g/mol. The quantitative estimate of drug-likeness (QED) is 0.479. The zero-order valence-electron chi connectivity index (χ0n) is 14.1. The first-order valence-electron chi connectivity index (χ1n) is 8.09. The van der Waals surface area contributed by atoms with E-state index in [0.29, 0.717) is 16.3 Å². The topological polar surface area (TPSA) is 76.2 Å². The first kappa shape index (κ1) is 18.1. The number of nitrogens with one attached hydrogen (secondary N) is 1. The van der Waals surface area contributed by atoms with Crippen LogP contribution in [0.1, 0.15) is 5.69 Å². The van der Waals surface area contributed by atoms with Gasteiger partial charge in [-0.1, -0.05) is 35.9 Å². The van der Waals surface area contributed by atoms with Crippen LogP contribution >= 0.6 is 11.6 Å². The molecule has 2 aromatic heterocycles. The lowest BCUT2D eigenvalue weighted by Gasteiger charge is -2.07. The fourth-order valence-electron chi connectivity index (χ4n) is 2.98. The Hall–Kier alpha value is -3.26. The van der Waals surface area contributed by atoms with Crippen molar-refractivity contribution in [3.05, 3.63) is 75.7 Å². The van der Waals surface area contributed by atoms with Crippen LogP contribution < -0.4 is 11.3 Å². The van der Waals surface area contributed by atoms with E-state index in [1.807, 2.05) is 0 Å². The van der Waals surface area contributed by atoms with Gasteiger partial charge in [-0.25, -0.2) is 9.50 Å². The molecule has 0 radical (unpaired) electrons. The van der Waals surface area contributed by atoms with Crippen molar-refractivity contribution in [1.29, 1.82) is 0 Å². The molecule has 5 nitrogen and oxygen atoms in total. The van der Waals surface area contributed by atoms with E-state index in [1.165, 1.54) is 24.3 Å². The molecule has 0 atom stereocenters. The van der Waals surface area contributed by atoms with Crippen LogP contribution in [0, 0.1) is 0 Å². The Labute approximate surface area is 161 Å². The van der Waals surface area contributed by atoms with Crippen LogP contribution in [-0.4, -0.2) is 14.6 Å². The molecule has 3 N–H and O–H groups in total. The summed E-state index contributed by atoms with van der Waals surface area (Å²) in [7, 11) is 0. The second kappa shape index (κ2) is 6.42. The van der Waals surface area contributed by atoms with Crippen molar-refractivity contribution in [2.24, 2.45) is 0 Å². The van der Waals surface area contributed by atoms with E-state index in [2.05, 4.69) is 10.1 Å². The number of halogens is 4. The molecule has 0 aliphatic carbocycles. The van der Waals surface area contributed by atoms with Crippen LogP contribution in [0.3, 0.4) is 0 Å². The third-order valence-electron chi connectivity index (χ3n) is 4.21. The Morgan fingerprint density at radius 3 is 2.39 bits per heavy atom. The number of nitrogens with two attached hydrogens (primary N) is 1. The highest BCUT2D eigenvalue weighted by atomic mass is 35.5. The van der Waals surface area contributed by atoms with Gasteiger partial charge in [-0.15, -0.1) is 0 Å². The smallest absolute Gasteiger partial charge is 0.399 e. The van der Waals surface area contributed by atoms with Crippen LogP contribution in [0.25, 0.3) is 28.0 Å². The average Bonchev–Trinajstić information content (AvgIpc) is 3.03. The van der Waals surface area contributed by atoms with Crippen LogP contribution in [0.2, 0.25) is 5.02 Å². The van der Waals surface area contributed by atoms with Gasteiger partial charge in [0.25, 0.3) is 5.56 Å². The molecule has 0 amide bonds. The van der Waals surface area contributed by atoms with Gasteiger partial charge >= 0.3 is 6.18 Å². The highest BCUT2D eigenvalue weighted by Crippen LogP contribution is 2.38. The molecule has 0 saturated heterocycles. The summed E-state index contributed by atoms with van der Waals surface area (Å²) in [6, 6.07) is 13.6. The number of fused-ring (bicyclic) bond motifs is 1. The molecule has 0 aliphatic heterocycles. The summed E-state index contributed by atoms with van der Waals surface area (Å²) in [4.78, 5) is 16.8. The molecule has 142 valence electrons. The van der Waals surface area contributed by atoms with Crippen LogP contribution in [0.4, 0.5) is 18.9 Å². The Balaban J connectivity index is 2.07. The molecular formula is C19H12ClF3N4O. The van der Waals surface area contributed by atoms with E-state index in [9.17, 15) is 18.0 Å². The average molecular weight is 405 g/mol. The van der Waals surface area contributed by atoms with Gasteiger partial charge in [0.2, 0.25) is 0 Å². The Morgan fingerprint density at radius 2 is 1.75 bits per heavy atom. The predicted molar refractivity (Wildman–Crippen MR) is 101 cm³/mol. The van der Waals surface area contributed by atoms with Crippen molar-refractivity contribution in [3.63, 3.8) is 0 Å². The van der Waals surface area contributed by atoms with Crippen molar-refractivity contribution in [1.82, 2.24) is 14.6 Å². The minimum Gasteiger partial charge on any atom is -0.399 e. The lowest BCUT2D eigenvalue weighted by molar-refractivity contribution is -0.140. The molecule has 0 fully saturated rings. The second-order valence-electron chi connectivity index (χ2n) is 6.13. The number of nitrogens with zero attached hydrogens (tertiary/aromatic N) is 2. The molecule has 4 rings (SSSR count). The van der Waals surface area contributed by atoms with Crippen LogP contribution in [0.15, 0.2) is 59.4 Å². The van der Waals surface area contributed by atoms with Gasteiger partial charge in [0.05, 0.1) is 11.3 Å². The minimum absolute atomic E-state index is 0.139. The van der Waals surface area contributed by atoms with Crippen molar-refractivity contribution in [3.8, 4) is 22.4 Å². The van der Waals surface area contributed by atoms with Crippen molar-refractivity contribution in [2.45, 2.75) is 6.18 Å². The number of rotatable bonds is 2. The molecule has 28 heavy (non-hydrogen) atoms. The predicted octanol–water partition coefficient (Wildman–Crippen LogP) is 4.61. The number of nitrogen functional groups attached to an aromatic ring is 1. The van der Waals surface area contributed by atoms with E-state index in [4.69, 9.17) is 17.3 Å². The number of aromatic nitrogens is 3. The van der Waals surface area contributed by atoms with Crippen molar-refractivity contribution >= 4 is 22.9 Å². The molecule has 0 aliphatic rings. The number of H-pyrrole nitrogens is 1. The Bertz CT molecular complexity index is 1240. The van der Waals surface area contributed by atoms with E-state index >= 15 is 0 Å². The standard InChI is InChI=1S/C19H12ClF3N4O/c20-12-6-4-10(5-7-12)16-17(19(21,22)23)26-27-15(28)9-14(25-18(16)27)11-2-1-3-13(24)8-11/h1-9,26H,24H2. The molecule has 0 saturated carbocycles. The molecule has 2 aromatic carbocycles. The van der Waals surface area contributed by atoms with Crippen LogP contribution in [0.5, 0.6) is 0 Å². The summed E-state index contributed by atoms with van der Waals surface area (Å²) in [6.45, 7) is 0. The summed E-state index contributed by atoms with van der Waals surface area (Å²) < 4.78 is 41.7. The second-order valence-corrected chi connectivity index (χ2v) is 6.57. The molecule has 0 spiro atoms. The number of alkyl halides is 3. The summed E-state index contributed by atoms with van der Waals surface area (Å²) in [5.74, 6) is 0. The summed E-state index contributed by atoms with van der Waals surface area (Å²) in [6.07, 6.45) is -4.72. The van der Waals surface area contributed by atoms with E-state index < -0.39 is 17.4 Å². The third kappa shape index (κ3) is 3.11. The summed E-state index contributed by atoms with van der Waals surface area (Å²) >= 11 is 5.85. The Kier molecular flexibility index (Phi) is 4.15. The fraction of sp³-hybridized carbons (Fsp3) is 0.0526. The van der Waals surface area contributed by atoms with Gasteiger partial charge in [-0.05, 0) is 29.8 Å². The monoisotopic (exact) mass is 404 g/mol. The maximum atomic E-state index is 13.6. The lowest BCUT2D eigenvalue weighted by atomic mass is 10.1. The highest BCUT2D eigenvalue weighted by Gasteiger charge is 2.38. The van der Waals surface area contributed by atoms with Crippen molar-refractivity contribution in [2.75, 3.05) is 5.73 Å². The summed E-state index contributed by atoms with van der Waals surface area (Å²) in [5, 5.41) is 2.51. The van der Waals surface area contributed by atoms with Crippen molar-refractivity contribution < 1.29 is 13.2 Å². The zero-order valence-corrected chi connectivity index (χ0v) is 14.8. The molecule has 2 heterocycles. The fourth-order valence-corrected chi connectivity index (χ4v) is 3.10. The molecule has 0 bridgehead atoms. The Morgan fingerprint density at radius 1 is 1.04 bits per heavy atom. The van der Waals surface area contributed by atoms with Gasteiger partial charge in [0.1, 0.15) is 5.69 Å². The zero-order chi connectivity index (χ0) is 20.1. The normalized spacial score (nSPS) is 11.9. The molecule has 9 heteroatoms. The van der Waals surface area contributed by atoms with Gasteiger partial charge in [0.15, 0.2) is 5.65 Å². The number of benzene rings is 2. The van der Waals surface area contributed by atoms with Gasteiger partial charge in [0, 0.05) is 22.3 Å². The van der Waals surface area contributed by atoms with Gasteiger partial charge < -0.3 is 5.73 Å². The van der Waals surface area contributed by atoms with E-state index in [-0.39, 0.29) is 22.5 Å². The number of hydrogen-bond acceptors (Lipinski definition) is 3. The first-order valence-corrected chi connectivity index (χ1v) is 8.46. The van der Waals surface area contributed by atoms with Crippen LogP contribution in [-0.2, 0) is 6.18 Å². The van der Waals surface area contributed by atoms with Gasteiger partial charge in [-0.2, -0.15) is 13.2 Å². The van der Waals surface area contributed by atoms with Gasteiger partial charge in [-0.3, -0.25) is 9.89 Å². The molecule has 4 aromatic rings. The third-order valence-corrected chi connectivity index (χ3v) is 4.47. The first-order chi connectivity index (χ1) is 13.2. The largest absolute Gasteiger partial charge is 0.433 e. The lowest BCUT2D eigenvalue weighted by Crippen LogP contribution is -2.15. The molecule has 0 unspecified atom stereocenters.